The summed E-state index contributed by atoms with van der Waals surface area (Å²) in [5.41, 5.74) is 2.70. The molecular weight excluding hydrogens is 581 g/mol. The Morgan fingerprint density at radius 3 is 2.69 bits per heavy atom. The lowest BCUT2D eigenvalue weighted by Gasteiger charge is -2.20. The third-order valence-electron chi connectivity index (χ3n) is 6.33. The lowest BCUT2D eigenvalue weighted by Crippen LogP contribution is -2.36. The molecule has 39 heavy (non-hydrogen) atoms. The van der Waals surface area contributed by atoms with Gasteiger partial charge in [0.05, 0.1) is 41.1 Å². The van der Waals surface area contributed by atoms with E-state index in [4.69, 9.17) is 8.74 Å². The van der Waals surface area contributed by atoms with Gasteiger partial charge in [0, 0.05) is 17.9 Å². The van der Waals surface area contributed by atoms with E-state index in [-0.39, 0.29) is 25.4 Å². The van der Waals surface area contributed by atoms with Crippen molar-refractivity contribution in [2.24, 2.45) is 0 Å². The van der Waals surface area contributed by atoms with E-state index in [2.05, 4.69) is 34.9 Å². The van der Waals surface area contributed by atoms with Crippen LogP contribution in [0.2, 0.25) is 0 Å². The summed E-state index contributed by atoms with van der Waals surface area (Å²) >= 11 is 0.867. The first-order valence-corrected chi connectivity index (χ1v) is 16.4. The quantitative estimate of drug-likeness (QED) is 0.0972. The topological polar surface area (TPSA) is 128 Å². The highest BCUT2D eigenvalue weighted by molar-refractivity contribution is 8.03. The number of aliphatic hydroxyl groups is 1. The zero-order chi connectivity index (χ0) is 27.6. The molecule has 3 N–H and O–H groups in total. The van der Waals surface area contributed by atoms with Crippen molar-refractivity contribution in [1.29, 1.82) is 0 Å². The summed E-state index contributed by atoms with van der Waals surface area (Å²) in [6.07, 6.45) is 2.82. The predicted octanol–water partition coefficient (Wildman–Crippen LogP) is 4.57. The normalized spacial score (nSPS) is 15.5. The Hall–Kier alpha value is -2.36. The molecule has 0 saturated heterocycles. The third-order valence-corrected chi connectivity index (χ3v) is 9.71. The zero-order valence-electron chi connectivity index (χ0n) is 20.7. The largest absolute Gasteiger partial charge is 0.392 e. The maximum Gasteiger partial charge on any atom is 0.301 e. The summed E-state index contributed by atoms with van der Waals surface area (Å²) in [6.45, 7) is 0.934. The molecule has 1 aliphatic rings. The number of anilines is 1. The molecule has 3 aromatic carbocycles. The molecule has 1 unspecified atom stereocenters. The van der Waals surface area contributed by atoms with Crippen molar-refractivity contribution in [3.63, 3.8) is 0 Å². The molecule has 4 aromatic rings. The number of hydrogen-bond donors (Lipinski definition) is 3. The molecule has 1 aromatic heterocycles. The third kappa shape index (κ3) is 6.52. The molecule has 0 saturated carbocycles. The lowest BCUT2D eigenvalue weighted by molar-refractivity contribution is -0.668. The van der Waals surface area contributed by atoms with E-state index in [1.54, 1.807) is 23.1 Å². The second-order valence-electron chi connectivity index (χ2n) is 8.95. The molecular formula is C26H27N2O7S4+. The summed E-state index contributed by atoms with van der Waals surface area (Å²) in [6, 6.07) is 18.0. The molecule has 0 bridgehead atoms. The van der Waals surface area contributed by atoms with Gasteiger partial charge in [-0.3, -0.25) is 13.3 Å². The molecule has 1 aliphatic heterocycles. The minimum atomic E-state index is -4.09. The number of rotatable bonds is 11. The van der Waals surface area contributed by atoms with E-state index >= 15 is 0 Å². The van der Waals surface area contributed by atoms with Crippen LogP contribution in [0.3, 0.4) is 0 Å². The van der Waals surface area contributed by atoms with Crippen LogP contribution in [0.5, 0.6) is 0 Å². The summed E-state index contributed by atoms with van der Waals surface area (Å²) in [5, 5.41) is 13.7. The number of nitrogens with zero attached hydrogens (tertiary/aromatic N) is 2. The van der Waals surface area contributed by atoms with Crippen LogP contribution in [0.1, 0.15) is 23.4 Å². The van der Waals surface area contributed by atoms with Crippen molar-refractivity contribution in [3.8, 4) is 0 Å². The van der Waals surface area contributed by atoms with Crippen LogP contribution in [0.15, 0.2) is 64.5 Å². The minimum Gasteiger partial charge on any atom is -0.392 e. The molecule has 0 spiro atoms. The second kappa shape index (κ2) is 12.0. The van der Waals surface area contributed by atoms with Gasteiger partial charge in [-0.25, -0.2) is 0 Å². The van der Waals surface area contributed by atoms with E-state index in [1.807, 2.05) is 35.2 Å². The first-order valence-electron chi connectivity index (χ1n) is 12.2. The van der Waals surface area contributed by atoms with Crippen molar-refractivity contribution in [2.75, 3.05) is 23.8 Å². The van der Waals surface area contributed by atoms with Gasteiger partial charge in [-0.15, -0.1) is 0 Å². The Kier molecular flexibility index (Phi) is 8.69. The molecule has 13 heteroatoms. The van der Waals surface area contributed by atoms with Gasteiger partial charge in [-0.2, -0.15) is 17.2 Å². The molecule has 2 heterocycles. The second-order valence-corrected chi connectivity index (χ2v) is 13.3. The SMILES string of the molecule is O=S(O)OCCC[n+]1c(C=C2Sc3ccc(CO)cc3N2CCCS(=O)(=O)O)sc2ccc3ccccc3c21. The van der Waals surface area contributed by atoms with Gasteiger partial charge < -0.3 is 10.0 Å². The van der Waals surface area contributed by atoms with E-state index < -0.39 is 21.5 Å². The van der Waals surface area contributed by atoms with Crippen molar-refractivity contribution < 1.29 is 35.6 Å². The fourth-order valence-corrected chi connectivity index (χ4v) is 7.73. The number of aryl methyl sites for hydroxylation is 1. The summed E-state index contributed by atoms with van der Waals surface area (Å²) < 4.78 is 60.2. The molecule has 1 atom stereocenters. The summed E-state index contributed by atoms with van der Waals surface area (Å²) in [7, 11) is -4.09. The van der Waals surface area contributed by atoms with Crippen molar-refractivity contribution in [3.05, 3.63) is 70.2 Å². The standard InChI is InChI=1S/C26H26N2O7S4/c29-17-18-7-9-22-21(15-18)27(12-4-14-39(32,33)34)24(36-22)16-25-28(11-3-13-35-38(30)31)26-20-6-2-1-5-19(20)8-10-23(26)37-25/h1-2,5-10,15-16,29H,3-4,11-14,17H2,(H-,30,31,32,33,34)/p+1. The average molecular weight is 608 g/mol. The van der Waals surface area contributed by atoms with Crippen LogP contribution in [0, 0.1) is 0 Å². The first kappa shape index (κ1) is 28.2. The van der Waals surface area contributed by atoms with Crippen molar-refractivity contribution >= 4 is 77.3 Å². The number of aliphatic hydroxyl groups excluding tert-OH is 1. The number of aromatic nitrogens is 1. The fraction of sp³-hybridized carbons (Fsp3) is 0.269. The van der Waals surface area contributed by atoms with E-state index in [0.29, 0.717) is 19.5 Å². The average Bonchev–Trinajstić information content (AvgIpc) is 3.43. The van der Waals surface area contributed by atoms with E-state index in [0.717, 1.165) is 47.2 Å². The summed E-state index contributed by atoms with van der Waals surface area (Å²) in [4.78, 5) is 3.01. The van der Waals surface area contributed by atoms with Crippen LogP contribution in [0.4, 0.5) is 5.69 Å². The molecule has 9 nitrogen and oxygen atoms in total. The molecule has 0 amide bonds. The van der Waals surface area contributed by atoms with Gasteiger partial charge in [-0.1, -0.05) is 53.4 Å². The van der Waals surface area contributed by atoms with Crippen LogP contribution in [-0.2, 0) is 38.8 Å². The Bertz CT molecular complexity index is 1680. The summed E-state index contributed by atoms with van der Waals surface area (Å²) in [5.74, 6) is -0.350. The Morgan fingerprint density at radius 1 is 1.10 bits per heavy atom. The Balaban J connectivity index is 1.58. The highest BCUT2D eigenvalue weighted by atomic mass is 32.2. The number of fused-ring (bicyclic) bond motifs is 4. The van der Waals surface area contributed by atoms with Gasteiger partial charge in [0.25, 0.3) is 15.1 Å². The Labute approximate surface area is 237 Å². The van der Waals surface area contributed by atoms with Crippen LogP contribution >= 0.6 is 23.1 Å². The maximum atomic E-state index is 11.4. The number of thiazole rings is 1. The van der Waals surface area contributed by atoms with E-state index in [1.165, 1.54) is 0 Å². The zero-order valence-corrected chi connectivity index (χ0v) is 24.0. The predicted molar refractivity (Wildman–Crippen MR) is 155 cm³/mol. The van der Waals surface area contributed by atoms with Gasteiger partial charge >= 0.3 is 11.4 Å². The van der Waals surface area contributed by atoms with Crippen LogP contribution in [-0.4, -0.2) is 45.7 Å². The number of hydrogen-bond acceptors (Lipinski definition) is 8. The minimum absolute atomic E-state index is 0.111. The van der Waals surface area contributed by atoms with E-state index in [9.17, 15) is 22.3 Å². The van der Waals surface area contributed by atoms with Crippen LogP contribution in [0.25, 0.3) is 27.1 Å². The Morgan fingerprint density at radius 2 is 1.92 bits per heavy atom. The monoisotopic (exact) mass is 607 g/mol. The molecule has 0 fully saturated rings. The first-order chi connectivity index (χ1) is 18.7. The van der Waals surface area contributed by atoms with Gasteiger partial charge in [0.15, 0.2) is 6.54 Å². The van der Waals surface area contributed by atoms with Crippen molar-refractivity contribution in [1.82, 2.24) is 0 Å². The smallest absolute Gasteiger partial charge is 0.301 e. The molecule has 0 aliphatic carbocycles. The van der Waals surface area contributed by atoms with Crippen LogP contribution < -0.4 is 9.47 Å². The molecule has 0 radical (unpaired) electrons. The van der Waals surface area contributed by atoms with Gasteiger partial charge in [-0.05, 0) is 41.6 Å². The van der Waals surface area contributed by atoms with Gasteiger partial charge in [0.2, 0.25) is 5.52 Å². The van der Waals surface area contributed by atoms with Crippen molar-refractivity contribution in [2.45, 2.75) is 30.9 Å². The molecule has 5 rings (SSSR count). The molecule has 206 valence electrons. The number of thioether (sulfide) groups is 1. The number of benzene rings is 3. The highest BCUT2D eigenvalue weighted by Crippen LogP contribution is 2.47. The fourth-order valence-electron chi connectivity index (χ4n) is 4.65. The maximum absolute atomic E-state index is 11.4. The lowest BCUT2D eigenvalue weighted by atomic mass is 10.1. The highest BCUT2D eigenvalue weighted by Gasteiger charge is 2.29. The van der Waals surface area contributed by atoms with Gasteiger partial charge in [0.1, 0.15) is 4.70 Å².